The fourth-order valence-corrected chi connectivity index (χ4v) is 1.96. The Morgan fingerprint density at radius 2 is 2.41 bits per heavy atom. The summed E-state index contributed by atoms with van der Waals surface area (Å²) in [7, 11) is 1.72. The minimum absolute atomic E-state index is 0.0662. The molecule has 0 saturated carbocycles. The van der Waals surface area contributed by atoms with Crippen molar-refractivity contribution in [3.63, 3.8) is 0 Å². The van der Waals surface area contributed by atoms with E-state index in [1.165, 1.54) is 18.5 Å². The molecular formula is C11H12ClN3O2. The summed E-state index contributed by atoms with van der Waals surface area (Å²) in [6, 6.07) is 1.08. The monoisotopic (exact) mass is 253 g/mol. The van der Waals surface area contributed by atoms with Gasteiger partial charge >= 0.3 is 0 Å². The van der Waals surface area contributed by atoms with Crippen molar-refractivity contribution in [1.82, 2.24) is 15.2 Å². The third-order valence-electron chi connectivity index (χ3n) is 2.75. The molecule has 1 aliphatic rings. The van der Waals surface area contributed by atoms with Crippen LogP contribution in [-0.4, -0.2) is 41.3 Å². The summed E-state index contributed by atoms with van der Waals surface area (Å²) in [5, 5.41) is 2.96. The first kappa shape index (κ1) is 11.9. The second kappa shape index (κ2) is 4.71. The second-order valence-corrected chi connectivity index (χ2v) is 4.34. The number of hydrogen-bond acceptors (Lipinski definition) is 3. The predicted octanol–water partition coefficient (Wildman–Crippen LogP) is 0.695. The maximum absolute atomic E-state index is 11.9. The summed E-state index contributed by atoms with van der Waals surface area (Å²) in [4.78, 5) is 28.9. The van der Waals surface area contributed by atoms with Gasteiger partial charge in [0.05, 0.1) is 10.6 Å². The molecule has 1 atom stereocenters. The molecule has 2 amide bonds. The standard InChI is InChI=1S/C11H12ClN3O2/c1-15-5-3-9(11(15)17)14-10(16)7-2-4-13-6-8(7)12/h2,4,6,9H,3,5H2,1H3,(H,14,16). The van der Waals surface area contributed by atoms with E-state index in [4.69, 9.17) is 11.6 Å². The van der Waals surface area contributed by atoms with Gasteiger partial charge in [-0.3, -0.25) is 14.6 Å². The van der Waals surface area contributed by atoms with Crippen LogP contribution in [0.2, 0.25) is 5.02 Å². The first-order valence-electron chi connectivity index (χ1n) is 5.25. The van der Waals surface area contributed by atoms with E-state index < -0.39 is 6.04 Å². The van der Waals surface area contributed by atoms with Gasteiger partial charge in [0, 0.05) is 26.0 Å². The highest BCUT2D eigenvalue weighted by Gasteiger charge is 2.30. The molecule has 1 aliphatic heterocycles. The summed E-state index contributed by atoms with van der Waals surface area (Å²) in [6.45, 7) is 0.661. The first-order chi connectivity index (χ1) is 8.09. The quantitative estimate of drug-likeness (QED) is 0.844. The van der Waals surface area contributed by atoms with Crippen molar-refractivity contribution in [2.24, 2.45) is 0 Å². The van der Waals surface area contributed by atoms with Gasteiger partial charge in [0.1, 0.15) is 6.04 Å². The molecule has 1 N–H and O–H groups in total. The van der Waals surface area contributed by atoms with Crippen molar-refractivity contribution in [3.05, 3.63) is 29.0 Å². The third-order valence-corrected chi connectivity index (χ3v) is 3.05. The first-order valence-corrected chi connectivity index (χ1v) is 5.62. The Labute approximate surface area is 104 Å². The van der Waals surface area contributed by atoms with Gasteiger partial charge in [-0.05, 0) is 12.5 Å². The molecule has 0 aromatic carbocycles. The van der Waals surface area contributed by atoms with E-state index >= 15 is 0 Å². The number of nitrogens with one attached hydrogen (secondary N) is 1. The molecule has 1 unspecified atom stereocenters. The van der Waals surface area contributed by atoms with Crippen LogP contribution in [0.4, 0.5) is 0 Å². The lowest BCUT2D eigenvalue weighted by Crippen LogP contribution is -2.40. The van der Waals surface area contributed by atoms with Gasteiger partial charge < -0.3 is 10.2 Å². The Kier molecular flexibility index (Phi) is 3.28. The number of hydrogen-bond donors (Lipinski definition) is 1. The van der Waals surface area contributed by atoms with Crippen molar-refractivity contribution in [2.75, 3.05) is 13.6 Å². The summed E-state index contributed by atoms with van der Waals surface area (Å²) < 4.78 is 0. The van der Waals surface area contributed by atoms with Crippen molar-refractivity contribution in [3.8, 4) is 0 Å². The summed E-state index contributed by atoms with van der Waals surface area (Å²) in [5.41, 5.74) is 0.337. The molecule has 1 aromatic rings. The summed E-state index contributed by atoms with van der Waals surface area (Å²) in [5.74, 6) is -0.408. The Balaban J connectivity index is 2.08. The van der Waals surface area contributed by atoms with Crippen LogP contribution in [0.5, 0.6) is 0 Å². The van der Waals surface area contributed by atoms with Crippen LogP contribution in [0.25, 0.3) is 0 Å². The van der Waals surface area contributed by atoms with E-state index in [0.29, 0.717) is 18.5 Å². The molecule has 0 spiro atoms. The highest BCUT2D eigenvalue weighted by Crippen LogP contribution is 2.15. The van der Waals surface area contributed by atoms with Crippen molar-refractivity contribution >= 4 is 23.4 Å². The fraction of sp³-hybridized carbons (Fsp3) is 0.364. The second-order valence-electron chi connectivity index (χ2n) is 3.93. The van der Waals surface area contributed by atoms with E-state index in [0.717, 1.165) is 0 Å². The van der Waals surface area contributed by atoms with Gasteiger partial charge in [-0.2, -0.15) is 0 Å². The van der Waals surface area contributed by atoms with Crippen LogP contribution in [0.1, 0.15) is 16.8 Å². The molecule has 17 heavy (non-hydrogen) atoms. The number of likely N-dealkylation sites (tertiary alicyclic amines) is 1. The lowest BCUT2D eigenvalue weighted by Gasteiger charge is -2.12. The number of pyridine rings is 1. The van der Waals surface area contributed by atoms with Crippen molar-refractivity contribution in [1.29, 1.82) is 0 Å². The molecule has 5 nitrogen and oxygen atoms in total. The van der Waals surface area contributed by atoms with Crippen LogP contribution in [0, 0.1) is 0 Å². The fourth-order valence-electron chi connectivity index (χ4n) is 1.75. The number of halogens is 1. The van der Waals surface area contributed by atoms with E-state index in [1.807, 2.05) is 0 Å². The van der Waals surface area contributed by atoms with E-state index in [-0.39, 0.29) is 16.8 Å². The van der Waals surface area contributed by atoms with Crippen molar-refractivity contribution < 1.29 is 9.59 Å². The van der Waals surface area contributed by atoms with Gasteiger partial charge in [0.2, 0.25) is 5.91 Å². The number of nitrogens with zero attached hydrogens (tertiary/aromatic N) is 2. The molecule has 1 aromatic heterocycles. The van der Waals surface area contributed by atoms with Crippen LogP contribution in [0.3, 0.4) is 0 Å². The predicted molar refractivity (Wildman–Crippen MR) is 62.8 cm³/mol. The molecule has 6 heteroatoms. The number of likely N-dealkylation sites (N-methyl/N-ethyl adjacent to an activating group) is 1. The smallest absolute Gasteiger partial charge is 0.253 e. The molecule has 2 heterocycles. The summed E-state index contributed by atoms with van der Waals surface area (Å²) >= 11 is 5.85. The van der Waals surface area contributed by atoms with Gasteiger partial charge in [-0.1, -0.05) is 11.6 Å². The van der Waals surface area contributed by atoms with Crippen LogP contribution < -0.4 is 5.32 Å². The van der Waals surface area contributed by atoms with E-state index in [9.17, 15) is 9.59 Å². The van der Waals surface area contributed by atoms with Crippen molar-refractivity contribution in [2.45, 2.75) is 12.5 Å². The number of amides is 2. The topological polar surface area (TPSA) is 62.3 Å². The lowest BCUT2D eigenvalue weighted by molar-refractivity contribution is -0.128. The average molecular weight is 254 g/mol. The van der Waals surface area contributed by atoms with Crippen LogP contribution in [-0.2, 0) is 4.79 Å². The molecular weight excluding hydrogens is 242 g/mol. The highest BCUT2D eigenvalue weighted by molar-refractivity contribution is 6.33. The van der Waals surface area contributed by atoms with E-state index in [2.05, 4.69) is 10.3 Å². The maximum Gasteiger partial charge on any atom is 0.253 e. The molecule has 0 radical (unpaired) electrons. The molecule has 0 aliphatic carbocycles. The SMILES string of the molecule is CN1CCC(NC(=O)c2ccncc2Cl)C1=O. The van der Waals surface area contributed by atoms with Gasteiger partial charge in [-0.15, -0.1) is 0 Å². The third kappa shape index (κ3) is 2.39. The van der Waals surface area contributed by atoms with Gasteiger partial charge in [0.25, 0.3) is 5.91 Å². The summed E-state index contributed by atoms with van der Waals surface area (Å²) in [6.07, 6.45) is 3.52. The molecule has 1 saturated heterocycles. The van der Waals surface area contributed by atoms with E-state index in [1.54, 1.807) is 11.9 Å². The van der Waals surface area contributed by atoms with Gasteiger partial charge in [-0.25, -0.2) is 0 Å². The zero-order chi connectivity index (χ0) is 12.4. The highest BCUT2D eigenvalue weighted by atomic mass is 35.5. The largest absolute Gasteiger partial charge is 0.344 e. The zero-order valence-electron chi connectivity index (χ0n) is 9.31. The Morgan fingerprint density at radius 3 is 3.00 bits per heavy atom. The number of carbonyl (C=O) groups is 2. The normalized spacial score (nSPS) is 19.5. The number of carbonyl (C=O) groups excluding carboxylic acids is 2. The lowest BCUT2D eigenvalue weighted by atomic mass is 10.2. The zero-order valence-corrected chi connectivity index (χ0v) is 10.1. The average Bonchev–Trinajstić information content (AvgIpc) is 2.61. The Hall–Kier alpha value is -1.62. The number of aromatic nitrogens is 1. The van der Waals surface area contributed by atoms with Crippen LogP contribution >= 0.6 is 11.6 Å². The Morgan fingerprint density at radius 1 is 1.65 bits per heavy atom. The minimum atomic E-state index is -0.447. The maximum atomic E-state index is 11.9. The Bertz CT molecular complexity index is 464. The molecule has 1 fully saturated rings. The number of rotatable bonds is 2. The molecule has 2 rings (SSSR count). The van der Waals surface area contributed by atoms with Gasteiger partial charge in [0.15, 0.2) is 0 Å². The minimum Gasteiger partial charge on any atom is -0.344 e. The molecule has 0 bridgehead atoms. The van der Waals surface area contributed by atoms with Crippen LogP contribution in [0.15, 0.2) is 18.5 Å². The molecule has 90 valence electrons.